The van der Waals surface area contributed by atoms with Crippen molar-refractivity contribution in [3.05, 3.63) is 51.3 Å². The first-order chi connectivity index (χ1) is 14.1. The van der Waals surface area contributed by atoms with Crippen LogP contribution in [0.1, 0.15) is 12.8 Å². The van der Waals surface area contributed by atoms with Crippen LogP contribution in [0.5, 0.6) is 5.75 Å². The second-order valence-electron chi connectivity index (χ2n) is 7.04. The van der Waals surface area contributed by atoms with E-state index in [1.165, 1.54) is 4.68 Å². The smallest absolute Gasteiger partial charge is 0.347 e. The van der Waals surface area contributed by atoms with Crippen LogP contribution >= 0.6 is 0 Å². The molecule has 9 heteroatoms. The van der Waals surface area contributed by atoms with Crippen LogP contribution in [-0.2, 0) is 13.1 Å². The fourth-order valence-electron chi connectivity index (χ4n) is 3.62. The van der Waals surface area contributed by atoms with Crippen LogP contribution in [0.3, 0.4) is 0 Å². The number of rotatable bonds is 9. The molecule has 2 heterocycles. The van der Waals surface area contributed by atoms with E-state index in [-0.39, 0.29) is 6.54 Å². The van der Waals surface area contributed by atoms with E-state index >= 15 is 0 Å². The minimum Gasteiger partial charge on any atom is -0.495 e. The summed E-state index contributed by atoms with van der Waals surface area (Å²) in [6, 6.07) is 8.06. The van der Waals surface area contributed by atoms with Crippen LogP contribution < -0.4 is 20.9 Å². The molecule has 0 spiro atoms. The van der Waals surface area contributed by atoms with Gasteiger partial charge in [-0.15, -0.1) is 0 Å². The lowest BCUT2D eigenvalue weighted by molar-refractivity contribution is 0.249. The Morgan fingerprint density at radius 3 is 2.48 bits per heavy atom. The fourth-order valence-corrected chi connectivity index (χ4v) is 3.62. The van der Waals surface area contributed by atoms with E-state index in [9.17, 15) is 14.0 Å². The Kier molecular flexibility index (Phi) is 7.40. The second kappa shape index (κ2) is 10.2. The monoisotopic (exact) mass is 405 g/mol. The number of para-hydroxylation sites is 2. The molecule has 1 aromatic carbocycles. The van der Waals surface area contributed by atoms with Crippen LogP contribution in [0, 0.1) is 0 Å². The van der Waals surface area contributed by atoms with Crippen molar-refractivity contribution in [3.63, 3.8) is 0 Å². The molecule has 0 radical (unpaired) electrons. The normalized spacial score (nSPS) is 14.9. The molecule has 2 aromatic rings. The molecule has 158 valence electrons. The van der Waals surface area contributed by atoms with Crippen molar-refractivity contribution in [1.82, 2.24) is 19.2 Å². The molecule has 1 fully saturated rings. The van der Waals surface area contributed by atoms with Crippen molar-refractivity contribution >= 4 is 5.69 Å². The number of halogens is 1. The van der Waals surface area contributed by atoms with Crippen LogP contribution in [0.15, 0.2) is 40.1 Å². The minimum atomic E-state index is -0.750. The van der Waals surface area contributed by atoms with E-state index in [1.54, 1.807) is 7.11 Å². The summed E-state index contributed by atoms with van der Waals surface area (Å²) in [6.07, 6.45) is 2.77. The number of unbranched alkanes of at least 4 members (excludes halogenated alkanes) is 1. The van der Waals surface area contributed by atoms with Crippen molar-refractivity contribution in [2.45, 2.75) is 25.9 Å². The molecular weight excluding hydrogens is 377 g/mol. The van der Waals surface area contributed by atoms with Gasteiger partial charge in [0.15, 0.2) is 0 Å². The number of ether oxygens (including phenoxy) is 1. The number of hydrogen-bond acceptors (Lipinski definition) is 6. The lowest BCUT2D eigenvalue weighted by Gasteiger charge is -2.36. The number of piperazine rings is 1. The fraction of sp³-hybridized carbons (Fsp3) is 0.550. The third-order valence-corrected chi connectivity index (χ3v) is 5.23. The molecule has 0 bridgehead atoms. The number of hydrogen-bond donors (Lipinski definition) is 0. The van der Waals surface area contributed by atoms with E-state index in [0.29, 0.717) is 6.54 Å². The van der Waals surface area contributed by atoms with Gasteiger partial charge >= 0.3 is 5.69 Å². The summed E-state index contributed by atoms with van der Waals surface area (Å²) in [6.45, 7) is 4.21. The first-order valence-electron chi connectivity index (χ1n) is 9.97. The van der Waals surface area contributed by atoms with Crippen molar-refractivity contribution in [2.24, 2.45) is 0 Å². The van der Waals surface area contributed by atoms with E-state index in [1.807, 2.05) is 18.2 Å². The Hall–Kier alpha value is -2.68. The van der Waals surface area contributed by atoms with Gasteiger partial charge in [-0.25, -0.2) is 13.9 Å². The largest absolute Gasteiger partial charge is 0.495 e. The zero-order valence-corrected chi connectivity index (χ0v) is 16.8. The van der Waals surface area contributed by atoms with Gasteiger partial charge in [-0.2, -0.15) is 5.10 Å². The number of aromatic nitrogens is 3. The highest BCUT2D eigenvalue weighted by atomic mass is 19.1. The Bertz CT molecular complexity index is 905. The van der Waals surface area contributed by atoms with Crippen molar-refractivity contribution in [2.75, 3.05) is 51.4 Å². The average Bonchev–Trinajstić information content (AvgIpc) is 2.76. The lowest BCUT2D eigenvalue weighted by Crippen LogP contribution is -2.46. The highest BCUT2D eigenvalue weighted by molar-refractivity contribution is 5.58. The predicted molar refractivity (Wildman–Crippen MR) is 110 cm³/mol. The summed E-state index contributed by atoms with van der Waals surface area (Å²) in [7, 11) is 1.69. The maximum absolute atomic E-state index is 12.5. The molecule has 1 aliphatic heterocycles. The molecule has 8 nitrogen and oxygen atoms in total. The van der Waals surface area contributed by atoms with Gasteiger partial charge in [-0.3, -0.25) is 14.3 Å². The molecular formula is C20H28FN5O3. The van der Waals surface area contributed by atoms with Crippen molar-refractivity contribution < 1.29 is 9.13 Å². The highest BCUT2D eigenvalue weighted by Gasteiger charge is 2.19. The summed E-state index contributed by atoms with van der Waals surface area (Å²) in [5.74, 6) is 0.896. The summed E-state index contributed by atoms with van der Waals surface area (Å²) in [5, 5.41) is 3.88. The SMILES string of the molecule is COc1ccccc1N1CCN(CCCCn2ncc(=O)n(CCF)c2=O)CC1. The number of alkyl halides is 1. The van der Waals surface area contributed by atoms with Crippen molar-refractivity contribution in [3.8, 4) is 5.75 Å². The zero-order chi connectivity index (χ0) is 20.6. The summed E-state index contributed by atoms with van der Waals surface area (Å²) in [4.78, 5) is 28.5. The third-order valence-electron chi connectivity index (χ3n) is 5.23. The Labute approximate surface area is 169 Å². The number of benzene rings is 1. The summed E-state index contributed by atoms with van der Waals surface area (Å²) in [5.41, 5.74) is 0.0286. The topological polar surface area (TPSA) is 72.6 Å². The van der Waals surface area contributed by atoms with E-state index < -0.39 is 17.9 Å². The second-order valence-corrected chi connectivity index (χ2v) is 7.04. The minimum absolute atomic E-state index is 0.226. The van der Waals surface area contributed by atoms with Crippen LogP contribution in [0.25, 0.3) is 0 Å². The van der Waals surface area contributed by atoms with Crippen molar-refractivity contribution in [1.29, 1.82) is 0 Å². The van der Waals surface area contributed by atoms with E-state index in [2.05, 4.69) is 21.0 Å². The molecule has 1 saturated heterocycles. The van der Waals surface area contributed by atoms with Gasteiger partial charge in [0, 0.05) is 32.7 Å². The molecule has 0 amide bonds. The number of anilines is 1. The zero-order valence-electron chi connectivity index (χ0n) is 16.8. The lowest BCUT2D eigenvalue weighted by atomic mass is 10.2. The van der Waals surface area contributed by atoms with Crippen LogP contribution in [-0.4, -0.2) is 65.8 Å². The predicted octanol–water partition coefficient (Wildman–Crippen LogP) is 0.985. The number of nitrogens with zero attached hydrogens (tertiary/aromatic N) is 5. The molecule has 3 rings (SSSR count). The molecule has 0 saturated carbocycles. The first kappa shape index (κ1) is 21.0. The van der Waals surface area contributed by atoms with Gasteiger partial charge in [0.05, 0.1) is 19.3 Å². The molecule has 1 aliphatic rings. The van der Waals surface area contributed by atoms with Gasteiger partial charge in [0.2, 0.25) is 0 Å². The van der Waals surface area contributed by atoms with Gasteiger partial charge < -0.3 is 9.64 Å². The van der Waals surface area contributed by atoms with Gasteiger partial charge in [0.1, 0.15) is 18.6 Å². The Morgan fingerprint density at radius 2 is 1.76 bits per heavy atom. The number of methoxy groups -OCH3 is 1. The molecule has 0 unspecified atom stereocenters. The maximum Gasteiger partial charge on any atom is 0.347 e. The van der Waals surface area contributed by atoms with E-state index in [0.717, 1.165) is 67.8 Å². The number of aryl methyl sites for hydroxylation is 1. The average molecular weight is 405 g/mol. The van der Waals surface area contributed by atoms with Gasteiger partial charge in [-0.05, 0) is 31.5 Å². The molecule has 0 N–H and O–H groups in total. The molecule has 0 aliphatic carbocycles. The quantitative estimate of drug-likeness (QED) is 0.580. The Balaban J connectivity index is 1.44. The van der Waals surface area contributed by atoms with E-state index in [4.69, 9.17) is 4.74 Å². The summed E-state index contributed by atoms with van der Waals surface area (Å²) >= 11 is 0. The standard InChI is InChI=1S/C20H28FN5O3/c1-29-18-7-3-2-6-17(18)24-14-12-23(13-15-24)9-4-5-10-26-20(28)25(11-8-21)19(27)16-22-26/h2-3,6-7,16H,4-5,8-15H2,1H3. The first-order valence-corrected chi connectivity index (χ1v) is 9.97. The van der Waals surface area contributed by atoms with Crippen LogP contribution in [0.2, 0.25) is 0 Å². The summed E-state index contributed by atoms with van der Waals surface area (Å²) < 4.78 is 20.1. The van der Waals surface area contributed by atoms with Crippen LogP contribution in [0.4, 0.5) is 10.1 Å². The maximum atomic E-state index is 12.5. The Morgan fingerprint density at radius 1 is 1.03 bits per heavy atom. The molecule has 0 atom stereocenters. The van der Waals surface area contributed by atoms with Gasteiger partial charge in [0.25, 0.3) is 5.56 Å². The highest BCUT2D eigenvalue weighted by Crippen LogP contribution is 2.28. The third kappa shape index (κ3) is 5.23. The van der Waals surface area contributed by atoms with Gasteiger partial charge in [-0.1, -0.05) is 12.1 Å². The molecule has 1 aromatic heterocycles. The molecule has 29 heavy (non-hydrogen) atoms.